The van der Waals surface area contributed by atoms with Gasteiger partial charge < -0.3 is 40.3 Å². The number of carbonyl (C=O) groups excluding carboxylic acids is 1. The molecule has 0 aromatic carbocycles. The van der Waals surface area contributed by atoms with Crippen molar-refractivity contribution < 1.29 is 39.8 Å². The van der Waals surface area contributed by atoms with Crippen LogP contribution in [0, 0.1) is 0 Å². The van der Waals surface area contributed by atoms with E-state index in [4.69, 9.17) is 9.47 Å². The van der Waals surface area contributed by atoms with Crippen molar-refractivity contribution in [3.05, 3.63) is 36.5 Å². The van der Waals surface area contributed by atoms with Gasteiger partial charge in [0.1, 0.15) is 24.4 Å². The van der Waals surface area contributed by atoms with Gasteiger partial charge in [-0.15, -0.1) is 0 Å². The van der Waals surface area contributed by atoms with E-state index in [1.165, 1.54) is 353 Å². The van der Waals surface area contributed by atoms with Crippen LogP contribution in [0.3, 0.4) is 0 Å². The van der Waals surface area contributed by atoms with Crippen molar-refractivity contribution in [2.75, 3.05) is 13.2 Å². The molecule has 7 atom stereocenters. The highest BCUT2D eigenvalue weighted by atomic mass is 16.7. The number of ether oxygens (including phenoxy) is 2. The Kier molecular flexibility index (Phi) is 67.4. The molecule has 1 aliphatic rings. The Hall–Kier alpha value is -1.59. The molecule has 90 heavy (non-hydrogen) atoms. The molecule has 9 nitrogen and oxygen atoms in total. The molecule has 0 spiro atoms. The summed E-state index contributed by atoms with van der Waals surface area (Å²) in [4.78, 5) is 13.2. The number of carbonyl (C=O) groups is 1. The van der Waals surface area contributed by atoms with E-state index in [1.807, 2.05) is 6.08 Å². The Morgan fingerprint density at radius 1 is 0.367 bits per heavy atom. The van der Waals surface area contributed by atoms with Gasteiger partial charge in [0.25, 0.3) is 0 Å². The summed E-state index contributed by atoms with van der Waals surface area (Å²) in [6.07, 6.45) is 88.8. The smallest absolute Gasteiger partial charge is 0.220 e. The van der Waals surface area contributed by atoms with Gasteiger partial charge in [-0.2, -0.15) is 0 Å². The Labute approximate surface area is 559 Å². The second-order valence-electron chi connectivity index (χ2n) is 28.2. The lowest BCUT2D eigenvalue weighted by Gasteiger charge is -2.40. The molecule has 0 saturated carbocycles. The predicted molar refractivity (Wildman–Crippen MR) is 387 cm³/mol. The minimum atomic E-state index is -1.58. The summed E-state index contributed by atoms with van der Waals surface area (Å²) in [5, 5.41) is 54.9. The van der Waals surface area contributed by atoms with Gasteiger partial charge >= 0.3 is 0 Å². The van der Waals surface area contributed by atoms with E-state index >= 15 is 0 Å². The molecule has 1 amide bonds. The molecule has 0 bridgehead atoms. The van der Waals surface area contributed by atoms with E-state index in [1.54, 1.807) is 6.08 Å². The van der Waals surface area contributed by atoms with Crippen LogP contribution in [0.25, 0.3) is 0 Å². The molecular formula is C81H155NO8. The largest absolute Gasteiger partial charge is 0.394 e. The van der Waals surface area contributed by atoms with Crippen LogP contribution in [-0.4, -0.2) is 87.5 Å². The predicted octanol–water partition coefficient (Wildman–Crippen LogP) is 22.9. The number of aliphatic hydroxyl groups is 5. The SMILES string of the molecule is CCCCCCCCCCCCCCCCCCCCCCCCC/C=C/CC/C=C/CC/C=C/C(O)C(COC1OC(CO)C(O)C(O)C1O)NC(=O)CCCCCCCCCCCCCCCCCCCCCCCCCCCCCCCCCCCC. The van der Waals surface area contributed by atoms with Crippen molar-refractivity contribution in [2.24, 2.45) is 0 Å². The van der Waals surface area contributed by atoms with E-state index in [2.05, 4.69) is 43.5 Å². The Morgan fingerprint density at radius 3 is 0.933 bits per heavy atom. The first-order chi connectivity index (χ1) is 44.3. The van der Waals surface area contributed by atoms with Gasteiger partial charge in [0.05, 0.1) is 25.4 Å². The highest BCUT2D eigenvalue weighted by Crippen LogP contribution is 2.24. The fourth-order valence-corrected chi connectivity index (χ4v) is 13.2. The zero-order chi connectivity index (χ0) is 64.9. The second-order valence-corrected chi connectivity index (χ2v) is 28.2. The van der Waals surface area contributed by atoms with Crippen molar-refractivity contribution in [1.29, 1.82) is 0 Å². The molecule has 9 heteroatoms. The van der Waals surface area contributed by atoms with Gasteiger partial charge in [-0.05, 0) is 44.9 Å². The summed E-state index contributed by atoms with van der Waals surface area (Å²) in [6, 6.07) is -0.829. The Bertz CT molecular complexity index is 1520. The molecule has 532 valence electrons. The number of unbranched alkanes of at least 4 members (excludes halogenated alkanes) is 58. The minimum Gasteiger partial charge on any atom is -0.394 e. The molecule has 0 radical (unpaired) electrons. The van der Waals surface area contributed by atoms with Crippen molar-refractivity contribution in [1.82, 2.24) is 5.32 Å². The Morgan fingerprint density at radius 2 is 0.633 bits per heavy atom. The maximum atomic E-state index is 13.2. The maximum absolute atomic E-state index is 13.2. The Balaban J connectivity index is 2.09. The van der Waals surface area contributed by atoms with Gasteiger partial charge in [0.15, 0.2) is 6.29 Å². The van der Waals surface area contributed by atoms with E-state index < -0.39 is 49.5 Å². The topological polar surface area (TPSA) is 149 Å². The second kappa shape index (κ2) is 70.2. The van der Waals surface area contributed by atoms with Crippen molar-refractivity contribution >= 4 is 5.91 Å². The first-order valence-corrected chi connectivity index (χ1v) is 40.2. The van der Waals surface area contributed by atoms with Crippen LogP contribution in [0.4, 0.5) is 0 Å². The molecule has 1 rings (SSSR count). The van der Waals surface area contributed by atoms with Gasteiger partial charge in [-0.3, -0.25) is 4.79 Å². The molecular weight excluding hydrogens is 1110 g/mol. The number of allylic oxidation sites excluding steroid dienone is 5. The molecule has 7 unspecified atom stereocenters. The van der Waals surface area contributed by atoms with Crippen LogP contribution in [0.15, 0.2) is 36.5 Å². The van der Waals surface area contributed by atoms with E-state index in [0.717, 1.165) is 44.9 Å². The molecule has 1 aliphatic heterocycles. The van der Waals surface area contributed by atoms with E-state index in [-0.39, 0.29) is 12.5 Å². The minimum absolute atomic E-state index is 0.182. The number of rotatable bonds is 72. The van der Waals surface area contributed by atoms with Gasteiger partial charge in [-0.1, -0.05) is 403 Å². The number of amides is 1. The first kappa shape index (κ1) is 86.4. The third-order valence-corrected chi connectivity index (χ3v) is 19.4. The van der Waals surface area contributed by atoms with Crippen LogP contribution < -0.4 is 5.32 Å². The van der Waals surface area contributed by atoms with Crippen LogP contribution in [0.2, 0.25) is 0 Å². The summed E-state index contributed by atoms with van der Waals surface area (Å²) in [6.45, 7) is 3.83. The maximum Gasteiger partial charge on any atom is 0.220 e. The van der Waals surface area contributed by atoms with Crippen LogP contribution in [-0.2, 0) is 14.3 Å². The van der Waals surface area contributed by atoms with E-state index in [9.17, 15) is 30.3 Å². The number of hydrogen-bond acceptors (Lipinski definition) is 8. The van der Waals surface area contributed by atoms with E-state index in [0.29, 0.717) is 6.42 Å². The van der Waals surface area contributed by atoms with Crippen LogP contribution in [0.1, 0.15) is 418 Å². The molecule has 6 N–H and O–H groups in total. The lowest BCUT2D eigenvalue weighted by molar-refractivity contribution is -0.302. The fourth-order valence-electron chi connectivity index (χ4n) is 13.2. The zero-order valence-corrected chi connectivity index (χ0v) is 59.9. The van der Waals surface area contributed by atoms with Crippen molar-refractivity contribution in [2.45, 2.75) is 461 Å². The summed E-state index contributed by atoms with van der Waals surface area (Å²) in [5.41, 5.74) is 0. The molecule has 0 aromatic heterocycles. The molecule has 1 heterocycles. The summed E-state index contributed by atoms with van der Waals surface area (Å²) in [5.74, 6) is -0.182. The highest BCUT2D eigenvalue weighted by Gasteiger charge is 2.44. The molecule has 0 aromatic rings. The summed E-state index contributed by atoms with van der Waals surface area (Å²) < 4.78 is 11.3. The van der Waals surface area contributed by atoms with Crippen molar-refractivity contribution in [3.63, 3.8) is 0 Å². The molecule has 1 fully saturated rings. The third-order valence-electron chi connectivity index (χ3n) is 19.4. The third kappa shape index (κ3) is 57.8. The average Bonchev–Trinajstić information content (AvgIpc) is 1.28. The highest BCUT2D eigenvalue weighted by molar-refractivity contribution is 5.76. The van der Waals surface area contributed by atoms with Gasteiger partial charge in [0.2, 0.25) is 5.91 Å². The number of aliphatic hydroxyl groups excluding tert-OH is 5. The first-order valence-electron chi connectivity index (χ1n) is 40.2. The lowest BCUT2D eigenvalue weighted by Crippen LogP contribution is -2.60. The standard InChI is InChI=1S/C81H155NO8/c1-3-5-7-9-11-13-15-17-19-21-23-25-27-29-31-33-35-37-39-41-43-45-47-49-51-53-55-57-59-61-63-65-67-69-71-77(85)82-74(73-89-81-80(88)79(87)78(86)76(72-83)90-81)75(84)70-68-66-64-62-60-58-56-54-52-50-48-46-44-42-40-38-36-34-32-30-28-26-24-22-20-18-16-14-12-10-8-6-4-2/h52,54,60,62,68,70,74-76,78-81,83-84,86-88H,3-51,53,55-59,61,63-67,69,71-73H2,1-2H3,(H,82,85)/b54-52+,62-60+,70-68+. The average molecular weight is 1270 g/mol. The monoisotopic (exact) mass is 1270 g/mol. The summed E-state index contributed by atoms with van der Waals surface area (Å²) >= 11 is 0. The lowest BCUT2D eigenvalue weighted by atomic mass is 9.99. The summed E-state index contributed by atoms with van der Waals surface area (Å²) in [7, 11) is 0. The zero-order valence-electron chi connectivity index (χ0n) is 59.9. The fraction of sp³-hybridized carbons (Fsp3) is 0.914. The van der Waals surface area contributed by atoms with Gasteiger partial charge in [0, 0.05) is 6.42 Å². The molecule has 1 saturated heterocycles. The quantitative estimate of drug-likeness (QED) is 0.0261. The number of hydrogen-bond donors (Lipinski definition) is 6. The normalized spacial score (nSPS) is 17.9. The van der Waals surface area contributed by atoms with Crippen LogP contribution in [0.5, 0.6) is 0 Å². The number of nitrogens with one attached hydrogen (secondary N) is 1. The van der Waals surface area contributed by atoms with Crippen LogP contribution >= 0.6 is 0 Å². The van der Waals surface area contributed by atoms with Gasteiger partial charge in [-0.25, -0.2) is 0 Å². The van der Waals surface area contributed by atoms with Crippen molar-refractivity contribution in [3.8, 4) is 0 Å². The molecule has 0 aliphatic carbocycles.